The molecule has 11 heteroatoms. The van der Waals surface area contributed by atoms with Crippen LogP contribution >= 0.6 is 23.2 Å². The largest absolute Gasteiger partial charge is 0.495 e. The third-order valence-electron chi connectivity index (χ3n) is 6.44. The van der Waals surface area contributed by atoms with E-state index in [9.17, 15) is 0 Å². The maximum atomic E-state index is 6.78. The highest BCUT2D eigenvalue weighted by molar-refractivity contribution is 6.41. The first kappa shape index (κ1) is 23.9. The minimum absolute atomic E-state index is 0.0286. The molecule has 2 aromatic heterocycles. The lowest BCUT2D eigenvalue weighted by Crippen LogP contribution is -2.47. The Morgan fingerprint density at radius 3 is 2.60 bits per heavy atom. The van der Waals surface area contributed by atoms with E-state index in [1.165, 1.54) is 0 Å². The Labute approximate surface area is 213 Å². The smallest absolute Gasteiger partial charge is 0.223 e. The Balaban J connectivity index is 1.62. The molecule has 35 heavy (non-hydrogen) atoms. The molecule has 0 saturated carbocycles. The molecular weight excluding hydrogens is 491 g/mol. The van der Waals surface area contributed by atoms with Gasteiger partial charge in [-0.05, 0) is 25.5 Å². The van der Waals surface area contributed by atoms with Gasteiger partial charge in [0.1, 0.15) is 27.4 Å². The van der Waals surface area contributed by atoms with Crippen LogP contribution in [0.25, 0.3) is 11.3 Å². The van der Waals surface area contributed by atoms with E-state index in [0.29, 0.717) is 52.2 Å². The number of ether oxygens (including phenoxy) is 3. The van der Waals surface area contributed by atoms with E-state index < -0.39 is 0 Å². The lowest BCUT2D eigenvalue weighted by molar-refractivity contribution is 0.0766. The van der Waals surface area contributed by atoms with Crippen LogP contribution in [0.3, 0.4) is 0 Å². The maximum Gasteiger partial charge on any atom is 0.223 e. The zero-order valence-electron chi connectivity index (χ0n) is 19.6. The van der Waals surface area contributed by atoms with Gasteiger partial charge >= 0.3 is 0 Å². The predicted molar refractivity (Wildman–Crippen MR) is 136 cm³/mol. The molecule has 0 bridgehead atoms. The fraction of sp³-hybridized carbons (Fsp3) is 0.375. The Morgan fingerprint density at radius 1 is 1.17 bits per heavy atom. The Bertz CT molecular complexity index is 1230. The number of fused-ring (bicyclic) bond motifs is 3. The number of benzene rings is 1. The summed E-state index contributed by atoms with van der Waals surface area (Å²) in [4.78, 5) is 16.1. The number of halogens is 2. The van der Waals surface area contributed by atoms with Gasteiger partial charge in [-0.1, -0.05) is 23.2 Å². The van der Waals surface area contributed by atoms with Gasteiger partial charge in [0.15, 0.2) is 0 Å². The van der Waals surface area contributed by atoms with Crippen molar-refractivity contribution < 1.29 is 14.2 Å². The van der Waals surface area contributed by atoms with Crippen LogP contribution in [0, 0.1) is 0 Å². The summed E-state index contributed by atoms with van der Waals surface area (Å²) in [5, 5.41) is 4.05. The lowest BCUT2D eigenvalue weighted by Gasteiger charge is -2.38. The minimum Gasteiger partial charge on any atom is -0.495 e. The molecule has 2 aliphatic heterocycles. The SMILES string of the molecule is COc1cc(OC)c(Cl)c(N2c3ncccc3-c3nc(N[C@@H]4COCC[C@@H]4N)ncc3C2C)c1Cl. The van der Waals surface area contributed by atoms with Crippen LogP contribution in [0.2, 0.25) is 10.0 Å². The van der Waals surface area contributed by atoms with Crippen LogP contribution < -0.4 is 25.4 Å². The summed E-state index contributed by atoms with van der Waals surface area (Å²) in [6.45, 7) is 3.20. The number of rotatable bonds is 5. The molecule has 5 rings (SSSR count). The van der Waals surface area contributed by atoms with Crippen LogP contribution in [0.15, 0.2) is 30.6 Å². The first-order chi connectivity index (χ1) is 16.9. The molecule has 0 radical (unpaired) electrons. The van der Waals surface area contributed by atoms with Gasteiger partial charge in [0.2, 0.25) is 5.95 Å². The molecule has 0 spiro atoms. The van der Waals surface area contributed by atoms with Crippen LogP contribution in [0.4, 0.5) is 17.5 Å². The Morgan fingerprint density at radius 2 is 1.91 bits per heavy atom. The van der Waals surface area contributed by atoms with Gasteiger partial charge < -0.3 is 30.2 Å². The lowest BCUT2D eigenvalue weighted by atomic mass is 9.95. The van der Waals surface area contributed by atoms with Crippen molar-refractivity contribution in [1.82, 2.24) is 15.0 Å². The van der Waals surface area contributed by atoms with Crippen LogP contribution in [0.5, 0.6) is 11.5 Å². The summed E-state index contributed by atoms with van der Waals surface area (Å²) in [7, 11) is 3.09. The summed E-state index contributed by atoms with van der Waals surface area (Å²) in [5.41, 5.74) is 9.30. The van der Waals surface area contributed by atoms with Gasteiger partial charge in [0, 0.05) is 42.2 Å². The fourth-order valence-electron chi connectivity index (χ4n) is 4.53. The molecule has 1 aromatic carbocycles. The molecule has 1 fully saturated rings. The summed E-state index contributed by atoms with van der Waals surface area (Å²) < 4.78 is 16.6. The summed E-state index contributed by atoms with van der Waals surface area (Å²) >= 11 is 13.6. The van der Waals surface area contributed by atoms with E-state index in [1.54, 1.807) is 26.5 Å². The second-order valence-corrected chi connectivity index (χ2v) is 9.21. The Hall–Kier alpha value is -2.85. The average molecular weight is 517 g/mol. The Kier molecular flexibility index (Phi) is 6.59. The standard InChI is InChI=1S/C24H26Cl2N6O3/c1-12-14-10-29-24(30-16-11-35-8-6-15(16)27)31-21(14)13-5-4-7-28-23(13)32(12)22-19(25)17(33-2)9-18(34-3)20(22)26/h4-5,7,9-10,12,15-16H,6,8,11,27H2,1-3H3,(H,29,30,31)/t12?,15-,16+/m0/s1. The number of methoxy groups -OCH3 is 2. The zero-order chi connectivity index (χ0) is 24.7. The van der Waals surface area contributed by atoms with Crippen molar-refractivity contribution >= 4 is 40.7 Å². The van der Waals surface area contributed by atoms with Crippen molar-refractivity contribution in [3.05, 3.63) is 46.2 Å². The molecule has 2 aliphatic rings. The number of pyridine rings is 1. The van der Waals surface area contributed by atoms with Crippen LogP contribution in [0.1, 0.15) is 24.9 Å². The predicted octanol–water partition coefficient (Wildman–Crippen LogP) is 4.60. The number of hydrogen-bond acceptors (Lipinski definition) is 9. The van der Waals surface area contributed by atoms with Gasteiger partial charge in [-0.2, -0.15) is 0 Å². The van der Waals surface area contributed by atoms with E-state index >= 15 is 0 Å². The molecule has 3 N–H and O–H groups in total. The third-order valence-corrected chi connectivity index (χ3v) is 7.17. The monoisotopic (exact) mass is 516 g/mol. The highest BCUT2D eigenvalue weighted by Crippen LogP contribution is 2.54. The van der Waals surface area contributed by atoms with Crippen molar-refractivity contribution in [3.8, 4) is 22.8 Å². The molecule has 4 heterocycles. The minimum atomic E-state index is -0.242. The van der Waals surface area contributed by atoms with Gasteiger partial charge in [0.25, 0.3) is 0 Å². The molecule has 3 aromatic rings. The van der Waals surface area contributed by atoms with E-state index in [0.717, 1.165) is 23.2 Å². The normalized spacial score (nSPS) is 21.2. The first-order valence-electron chi connectivity index (χ1n) is 11.3. The van der Waals surface area contributed by atoms with Gasteiger partial charge in [-0.15, -0.1) is 0 Å². The van der Waals surface area contributed by atoms with Crippen LogP contribution in [-0.4, -0.2) is 54.5 Å². The highest BCUT2D eigenvalue weighted by Gasteiger charge is 2.36. The summed E-state index contributed by atoms with van der Waals surface area (Å²) in [6.07, 6.45) is 4.32. The van der Waals surface area contributed by atoms with E-state index in [1.807, 2.05) is 30.2 Å². The van der Waals surface area contributed by atoms with E-state index in [-0.39, 0.29) is 18.1 Å². The average Bonchev–Trinajstić information content (AvgIpc) is 2.87. The number of aromatic nitrogens is 3. The first-order valence-corrected chi connectivity index (χ1v) is 12.0. The molecule has 184 valence electrons. The molecule has 3 atom stereocenters. The molecule has 1 saturated heterocycles. The van der Waals surface area contributed by atoms with Crippen molar-refractivity contribution in [2.24, 2.45) is 5.73 Å². The second-order valence-electron chi connectivity index (χ2n) is 8.45. The number of nitrogens with zero attached hydrogens (tertiary/aromatic N) is 4. The fourth-order valence-corrected chi connectivity index (χ4v) is 5.21. The van der Waals surface area contributed by atoms with Crippen molar-refractivity contribution in [2.75, 3.05) is 37.7 Å². The summed E-state index contributed by atoms with van der Waals surface area (Å²) in [5.74, 6) is 2.04. The number of anilines is 3. The topological polar surface area (TPSA) is 108 Å². The van der Waals surface area contributed by atoms with Gasteiger partial charge in [-0.3, -0.25) is 0 Å². The number of nitrogens with one attached hydrogen (secondary N) is 1. The van der Waals surface area contributed by atoms with Crippen molar-refractivity contribution in [2.45, 2.75) is 31.5 Å². The quantitative estimate of drug-likeness (QED) is 0.502. The second kappa shape index (κ2) is 9.66. The number of hydrogen-bond donors (Lipinski definition) is 2. The molecular formula is C24H26Cl2N6O3. The van der Waals surface area contributed by atoms with Crippen molar-refractivity contribution in [3.63, 3.8) is 0 Å². The van der Waals surface area contributed by atoms with Gasteiger partial charge in [-0.25, -0.2) is 15.0 Å². The van der Waals surface area contributed by atoms with E-state index in [4.69, 9.17) is 48.1 Å². The van der Waals surface area contributed by atoms with Gasteiger partial charge in [0.05, 0.1) is 44.3 Å². The molecule has 1 unspecified atom stereocenters. The van der Waals surface area contributed by atoms with Crippen LogP contribution in [-0.2, 0) is 4.74 Å². The third kappa shape index (κ3) is 4.12. The molecule has 0 amide bonds. The van der Waals surface area contributed by atoms with E-state index in [2.05, 4.69) is 15.3 Å². The van der Waals surface area contributed by atoms with Crippen molar-refractivity contribution in [1.29, 1.82) is 0 Å². The highest BCUT2D eigenvalue weighted by atomic mass is 35.5. The molecule has 0 aliphatic carbocycles. The zero-order valence-corrected chi connectivity index (χ0v) is 21.1. The summed E-state index contributed by atoms with van der Waals surface area (Å²) in [6, 6.07) is 5.16. The molecule has 9 nitrogen and oxygen atoms in total. The maximum absolute atomic E-state index is 6.78. The number of nitrogens with two attached hydrogens (primary N) is 1.